The Morgan fingerprint density at radius 3 is 2.35 bits per heavy atom. The van der Waals surface area contributed by atoms with Gasteiger partial charge in [0.05, 0.1) is 4.90 Å². The monoisotopic (exact) mass is 300 g/mol. The van der Waals surface area contributed by atoms with Gasteiger partial charge in [-0.05, 0) is 37.7 Å². The van der Waals surface area contributed by atoms with E-state index >= 15 is 0 Å². The zero-order valence-corrected chi connectivity index (χ0v) is 13.2. The molecule has 0 spiro atoms. The highest BCUT2D eigenvalue weighted by atomic mass is 32.2. The highest BCUT2D eigenvalue weighted by Gasteiger charge is 2.21. The summed E-state index contributed by atoms with van der Waals surface area (Å²) >= 11 is 0. The first-order valence-electron chi connectivity index (χ1n) is 6.93. The Morgan fingerprint density at radius 1 is 1.20 bits per heavy atom. The topological polar surface area (TPSA) is 58.6 Å². The Bertz CT molecular complexity index is 486. The summed E-state index contributed by atoms with van der Waals surface area (Å²) < 4.78 is 31.8. The fourth-order valence-electron chi connectivity index (χ4n) is 1.83. The van der Waals surface area contributed by atoms with Crippen LogP contribution in [0.4, 0.5) is 0 Å². The molecule has 1 rings (SSSR count). The number of hydrogen-bond acceptors (Lipinski definition) is 4. The lowest BCUT2D eigenvalue weighted by atomic mass is 10.3. The Hall–Kier alpha value is -1.11. The van der Waals surface area contributed by atoms with Gasteiger partial charge in [0.25, 0.3) is 0 Å². The molecule has 0 aliphatic rings. The van der Waals surface area contributed by atoms with Gasteiger partial charge in [0.2, 0.25) is 10.0 Å². The zero-order chi connectivity index (χ0) is 15.0. The maximum absolute atomic E-state index is 12.4. The normalized spacial score (nSPS) is 11.8. The molecule has 0 fully saturated rings. The molecule has 0 saturated carbocycles. The molecule has 0 aliphatic heterocycles. The average Bonchev–Trinajstić information content (AvgIpc) is 2.45. The van der Waals surface area contributed by atoms with E-state index in [1.807, 2.05) is 20.9 Å². The maximum atomic E-state index is 12.4. The number of nitrogens with one attached hydrogen (secondary N) is 1. The van der Waals surface area contributed by atoms with Crippen LogP contribution in [0.3, 0.4) is 0 Å². The van der Waals surface area contributed by atoms with E-state index in [1.165, 1.54) is 4.31 Å². The summed E-state index contributed by atoms with van der Waals surface area (Å²) in [7, 11) is -1.54. The van der Waals surface area contributed by atoms with Crippen molar-refractivity contribution in [3.63, 3.8) is 0 Å². The minimum Gasteiger partial charge on any atom is -0.492 e. The summed E-state index contributed by atoms with van der Waals surface area (Å²) in [5.74, 6) is 0.678. The molecule has 0 aromatic heterocycles. The van der Waals surface area contributed by atoms with Gasteiger partial charge in [0.15, 0.2) is 0 Å². The second-order valence-electron chi connectivity index (χ2n) is 4.42. The average molecular weight is 300 g/mol. The Labute approximate surface area is 122 Å². The predicted molar refractivity (Wildman–Crippen MR) is 80.6 cm³/mol. The summed E-state index contributed by atoms with van der Waals surface area (Å²) in [6, 6.07) is 6.59. The molecule has 0 aliphatic carbocycles. The largest absolute Gasteiger partial charge is 0.492 e. The molecule has 1 aromatic rings. The van der Waals surface area contributed by atoms with Gasteiger partial charge in [0.1, 0.15) is 12.4 Å². The lowest BCUT2D eigenvalue weighted by molar-refractivity contribution is 0.318. The summed E-state index contributed by atoms with van der Waals surface area (Å²) in [6.45, 7) is 6.15. The van der Waals surface area contributed by atoms with Crippen molar-refractivity contribution in [2.24, 2.45) is 0 Å². The minimum atomic E-state index is -3.39. The van der Waals surface area contributed by atoms with Crippen LogP contribution in [-0.4, -0.2) is 46.0 Å². The van der Waals surface area contributed by atoms with E-state index in [0.29, 0.717) is 30.3 Å². The molecular weight excluding hydrogens is 276 g/mol. The van der Waals surface area contributed by atoms with Gasteiger partial charge < -0.3 is 10.1 Å². The van der Waals surface area contributed by atoms with Crippen LogP contribution < -0.4 is 10.1 Å². The van der Waals surface area contributed by atoms with Gasteiger partial charge in [-0.2, -0.15) is 4.31 Å². The highest BCUT2D eigenvalue weighted by molar-refractivity contribution is 7.89. The molecule has 0 atom stereocenters. The molecule has 0 radical (unpaired) electrons. The van der Waals surface area contributed by atoms with E-state index in [1.54, 1.807) is 24.3 Å². The third-order valence-corrected chi connectivity index (χ3v) is 4.90. The van der Waals surface area contributed by atoms with Gasteiger partial charge in [-0.1, -0.05) is 13.8 Å². The Morgan fingerprint density at radius 2 is 1.85 bits per heavy atom. The number of benzene rings is 1. The SMILES string of the molecule is CCCN(CC)S(=O)(=O)c1ccc(OCCNC)cc1. The smallest absolute Gasteiger partial charge is 0.243 e. The van der Waals surface area contributed by atoms with E-state index in [9.17, 15) is 8.42 Å². The first-order chi connectivity index (χ1) is 9.56. The second kappa shape index (κ2) is 8.24. The molecule has 0 saturated heterocycles. The molecule has 1 aromatic carbocycles. The Balaban J connectivity index is 2.80. The van der Waals surface area contributed by atoms with Crippen LogP contribution in [0.2, 0.25) is 0 Å². The fraction of sp³-hybridized carbons (Fsp3) is 0.571. The molecule has 5 nitrogen and oxygen atoms in total. The molecule has 0 unspecified atom stereocenters. The highest BCUT2D eigenvalue weighted by Crippen LogP contribution is 2.19. The van der Waals surface area contributed by atoms with Crippen molar-refractivity contribution >= 4 is 10.0 Å². The van der Waals surface area contributed by atoms with E-state index in [-0.39, 0.29) is 0 Å². The predicted octanol–water partition coefficient (Wildman–Crippen LogP) is 1.71. The van der Waals surface area contributed by atoms with Crippen molar-refractivity contribution < 1.29 is 13.2 Å². The van der Waals surface area contributed by atoms with Crippen molar-refractivity contribution in [3.8, 4) is 5.75 Å². The quantitative estimate of drug-likeness (QED) is 0.705. The lowest BCUT2D eigenvalue weighted by Gasteiger charge is -2.19. The second-order valence-corrected chi connectivity index (χ2v) is 6.36. The van der Waals surface area contributed by atoms with Crippen molar-refractivity contribution in [1.29, 1.82) is 0 Å². The first-order valence-corrected chi connectivity index (χ1v) is 8.37. The van der Waals surface area contributed by atoms with Crippen LogP contribution in [0.5, 0.6) is 5.75 Å². The van der Waals surface area contributed by atoms with E-state index < -0.39 is 10.0 Å². The molecule has 20 heavy (non-hydrogen) atoms. The van der Waals surface area contributed by atoms with E-state index in [2.05, 4.69) is 5.32 Å². The van der Waals surface area contributed by atoms with Crippen LogP contribution >= 0.6 is 0 Å². The summed E-state index contributed by atoms with van der Waals surface area (Å²) in [6.07, 6.45) is 0.804. The van der Waals surface area contributed by atoms with Crippen molar-refractivity contribution in [2.75, 3.05) is 33.3 Å². The first kappa shape index (κ1) is 16.9. The number of hydrogen-bond donors (Lipinski definition) is 1. The van der Waals surface area contributed by atoms with Gasteiger partial charge in [0, 0.05) is 19.6 Å². The van der Waals surface area contributed by atoms with Gasteiger partial charge in [-0.25, -0.2) is 8.42 Å². The minimum absolute atomic E-state index is 0.314. The van der Waals surface area contributed by atoms with Gasteiger partial charge in [-0.15, -0.1) is 0 Å². The molecule has 6 heteroatoms. The van der Waals surface area contributed by atoms with Crippen molar-refractivity contribution in [1.82, 2.24) is 9.62 Å². The van der Waals surface area contributed by atoms with Gasteiger partial charge >= 0.3 is 0 Å². The molecule has 114 valence electrons. The number of sulfonamides is 1. The van der Waals surface area contributed by atoms with Gasteiger partial charge in [-0.3, -0.25) is 0 Å². The summed E-state index contributed by atoms with van der Waals surface area (Å²) in [5.41, 5.74) is 0. The fourth-order valence-corrected chi connectivity index (χ4v) is 3.37. The zero-order valence-electron chi connectivity index (χ0n) is 12.4. The van der Waals surface area contributed by atoms with Crippen LogP contribution in [-0.2, 0) is 10.0 Å². The van der Waals surface area contributed by atoms with Crippen molar-refractivity contribution in [3.05, 3.63) is 24.3 Å². The van der Waals surface area contributed by atoms with Crippen LogP contribution in [0.15, 0.2) is 29.2 Å². The van der Waals surface area contributed by atoms with Crippen molar-refractivity contribution in [2.45, 2.75) is 25.2 Å². The molecular formula is C14H24N2O3S. The molecule has 1 N–H and O–H groups in total. The number of ether oxygens (including phenoxy) is 1. The molecule has 0 heterocycles. The molecule has 0 amide bonds. The lowest BCUT2D eigenvalue weighted by Crippen LogP contribution is -2.31. The molecule has 0 bridgehead atoms. The van der Waals surface area contributed by atoms with Crippen LogP contribution in [0, 0.1) is 0 Å². The summed E-state index contributed by atoms with van der Waals surface area (Å²) in [5, 5.41) is 2.98. The van der Waals surface area contributed by atoms with Crippen LogP contribution in [0.1, 0.15) is 20.3 Å². The number of likely N-dealkylation sites (N-methyl/N-ethyl adjacent to an activating group) is 1. The summed E-state index contributed by atoms with van der Waals surface area (Å²) in [4.78, 5) is 0.314. The van der Waals surface area contributed by atoms with Crippen LogP contribution in [0.25, 0.3) is 0 Å². The van der Waals surface area contributed by atoms with E-state index in [4.69, 9.17) is 4.74 Å². The number of nitrogens with zero attached hydrogens (tertiary/aromatic N) is 1. The standard InChI is InChI=1S/C14H24N2O3S/c1-4-11-16(5-2)20(17,18)14-8-6-13(7-9-14)19-12-10-15-3/h6-9,15H,4-5,10-12H2,1-3H3. The Kier molecular flexibility index (Phi) is 6.98. The third kappa shape index (κ3) is 4.47. The number of rotatable bonds is 9. The van der Waals surface area contributed by atoms with E-state index in [0.717, 1.165) is 13.0 Å². The third-order valence-electron chi connectivity index (χ3n) is 2.91. The maximum Gasteiger partial charge on any atom is 0.243 e.